The van der Waals surface area contributed by atoms with Gasteiger partial charge in [0.05, 0.1) is 11.4 Å². The lowest BCUT2D eigenvalue weighted by Crippen LogP contribution is -1.99. The topological polar surface area (TPSA) is 63.3 Å². The van der Waals surface area contributed by atoms with Crippen LogP contribution in [0.4, 0.5) is 0 Å². The molecule has 5 nitrogen and oxygen atoms in total. The van der Waals surface area contributed by atoms with Gasteiger partial charge in [0.2, 0.25) is 5.16 Å². The van der Waals surface area contributed by atoms with Gasteiger partial charge < -0.3 is 5.11 Å². The highest BCUT2D eigenvalue weighted by molar-refractivity contribution is 7.99. The van der Waals surface area contributed by atoms with E-state index in [4.69, 9.17) is 0 Å². The smallest absolute Gasteiger partial charge is 0.254 e. The van der Waals surface area contributed by atoms with E-state index in [1.54, 1.807) is 28.4 Å². The lowest BCUT2D eigenvalue weighted by Gasteiger charge is -2.08. The first kappa shape index (κ1) is 18.5. The molecule has 4 rings (SSSR count). The molecule has 0 unspecified atom stereocenters. The minimum absolute atomic E-state index is 0.199. The maximum Gasteiger partial charge on any atom is 0.254 e. The normalized spacial score (nSPS) is 11.4. The number of rotatable bonds is 6. The molecule has 2 aromatic carbocycles. The number of aromatic nitrogens is 4. The fourth-order valence-electron chi connectivity index (χ4n) is 2.94. The van der Waals surface area contributed by atoms with Crippen LogP contribution in [0.25, 0.3) is 28.3 Å². The molecule has 0 atom stereocenters. The maximum absolute atomic E-state index is 10.3. The molecule has 0 bridgehead atoms. The van der Waals surface area contributed by atoms with Gasteiger partial charge in [0.1, 0.15) is 5.75 Å². The summed E-state index contributed by atoms with van der Waals surface area (Å²) in [6.07, 6.45) is 1.11. The van der Waals surface area contributed by atoms with Gasteiger partial charge in [0.25, 0.3) is 5.78 Å². The highest BCUT2D eigenvalue weighted by Gasteiger charge is 2.15. The van der Waals surface area contributed by atoms with Gasteiger partial charge in [0.15, 0.2) is 0 Å². The zero-order chi connectivity index (χ0) is 19.5. The minimum Gasteiger partial charge on any atom is -0.507 e. The summed E-state index contributed by atoms with van der Waals surface area (Å²) in [7, 11) is 0. The lowest BCUT2D eigenvalue weighted by molar-refractivity contribution is 0.477. The highest BCUT2D eigenvalue weighted by Crippen LogP contribution is 2.31. The Morgan fingerprint density at radius 3 is 2.50 bits per heavy atom. The Bertz CT molecular complexity index is 1090. The second-order valence-electron chi connectivity index (χ2n) is 7.05. The van der Waals surface area contributed by atoms with Crippen molar-refractivity contribution in [2.24, 2.45) is 5.92 Å². The van der Waals surface area contributed by atoms with Gasteiger partial charge in [-0.2, -0.15) is 9.50 Å². The average molecular weight is 391 g/mol. The molecule has 6 heteroatoms. The Hall–Kier alpha value is -2.86. The fraction of sp³-hybridized carbons (Fsp3) is 0.227. The highest BCUT2D eigenvalue weighted by atomic mass is 32.2. The number of thioether (sulfide) groups is 1. The Morgan fingerprint density at radius 2 is 1.75 bits per heavy atom. The molecule has 0 saturated carbocycles. The number of phenols is 1. The van der Waals surface area contributed by atoms with E-state index in [1.165, 1.54) is 0 Å². The molecule has 0 fully saturated rings. The third kappa shape index (κ3) is 3.87. The standard InChI is InChI=1S/C22H22N4OS/c1-15(2)12-13-28-22-24-21-23-18(17-10-6-7-11-20(17)27)14-19(26(21)25-22)16-8-4-3-5-9-16/h3-11,14-15,27H,12-13H2,1-2H3. The number of hydrogen-bond acceptors (Lipinski definition) is 5. The van der Waals surface area contributed by atoms with Crippen molar-refractivity contribution >= 4 is 17.5 Å². The summed E-state index contributed by atoms with van der Waals surface area (Å²) in [5.74, 6) is 2.35. The summed E-state index contributed by atoms with van der Waals surface area (Å²) in [5, 5.41) is 15.7. The third-order valence-electron chi connectivity index (χ3n) is 4.47. The number of fused-ring (bicyclic) bond motifs is 1. The summed E-state index contributed by atoms with van der Waals surface area (Å²) in [6.45, 7) is 4.43. The van der Waals surface area contributed by atoms with Crippen LogP contribution in [-0.2, 0) is 0 Å². The van der Waals surface area contributed by atoms with Gasteiger partial charge >= 0.3 is 0 Å². The van der Waals surface area contributed by atoms with Crippen LogP contribution >= 0.6 is 11.8 Å². The summed E-state index contributed by atoms with van der Waals surface area (Å²) < 4.78 is 1.79. The van der Waals surface area contributed by atoms with Gasteiger partial charge in [-0.15, -0.1) is 5.10 Å². The van der Waals surface area contributed by atoms with E-state index in [0.717, 1.165) is 28.6 Å². The molecule has 28 heavy (non-hydrogen) atoms. The van der Waals surface area contributed by atoms with Gasteiger partial charge in [-0.25, -0.2) is 4.98 Å². The van der Waals surface area contributed by atoms with Crippen LogP contribution < -0.4 is 0 Å². The molecule has 1 N–H and O–H groups in total. The van der Waals surface area contributed by atoms with Gasteiger partial charge in [-0.05, 0) is 30.5 Å². The summed E-state index contributed by atoms with van der Waals surface area (Å²) >= 11 is 1.65. The Labute approximate surface area is 168 Å². The first-order chi connectivity index (χ1) is 13.6. The van der Waals surface area contributed by atoms with Gasteiger partial charge in [0, 0.05) is 16.9 Å². The largest absolute Gasteiger partial charge is 0.507 e. The molecular formula is C22H22N4OS. The molecular weight excluding hydrogens is 368 g/mol. The van der Waals surface area contributed by atoms with E-state index in [1.807, 2.05) is 48.5 Å². The van der Waals surface area contributed by atoms with Crippen molar-refractivity contribution < 1.29 is 5.11 Å². The zero-order valence-electron chi connectivity index (χ0n) is 15.9. The number of para-hydroxylation sites is 1. The second kappa shape index (κ2) is 8.02. The van der Waals surface area contributed by atoms with Crippen LogP contribution in [0, 0.1) is 5.92 Å². The van der Waals surface area contributed by atoms with Crippen LogP contribution in [0.2, 0.25) is 0 Å². The van der Waals surface area contributed by atoms with E-state index in [9.17, 15) is 5.11 Å². The molecule has 0 amide bonds. The Morgan fingerprint density at radius 1 is 1.00 bits per heavy atom. The van der Waals surface area contributed by atoms with Crippen molar-refractivity contribution in [3.05, 3.63) is 60.7 Å². The fourth-order valence-corrected chi connectivity index (χ4v) is 4.00. The molecule has 2 aromatic heterocycles. The van der Waals surface area contributed by atoms with Gasteiger partial charge in [-0.1, -0.05) is 68.1 Å². The number of hydrogen-bond donors (Lipinski definition) is 1. The SMILES string of the molecule is CC(C)CCSc1nc2nc(-c3ccccc3O)cc(-c3ccccc3)n2n1. The molecule has 0 aliphatic rings. The van der Waals surface area contributed by atoms with E-state index in [2.05, 4.69) is 28.9 Å². The van der Waals surface area contributed by atoms with Crippen LogP contribution in [0.5, 0.6) is 5.75 Å². The predicted octanol–water partition coefficient (Wildman–Crippen LogP) is 5.30. The summed E-state index contributed by atoms with van der Waals surface area (Å²) in [4.78, 5) is 9.31. The Balaban J connectivity index is 1.83. The quantitative estimate of drug-likeness (QED) is 0.453. The average Bonchev–Trinajstić information content (AvgIpc) is 3.10. The van der Waals surface area contributed by atoms with E-state index in [0.29, 0.717) is 23.0 Å². The van der Waals surface area contributed by atoms with E-state index < -0.39 is 0 Å². The number of phenolic OH excluding ortho intramolecular Hbond substituents is 1. The van der Waals surface area contributed by atoms with Crippen molar-refractivity contribution in [1.29, 1.82) is 0 Å². The van der Waals surface area contributed by atoms with Crippen molar-refractivity contribution in [3.8, 4) is 28.3 Å². The van der Waals surface area contributed by atoms with Crippen LogP contribution in [0.15, 0.2) is 65.8 Å². The van der Waals surface area contributed by atoms with Crippen LogP contribution in [0.1, 0.15) is 20.3 Å². The van der Waals surface area contributed by atoms with Crippen molar-refractivity contribution in [2.75, 3.05) is 5.75 Å². The number of benzene rings is 2. The van der Waals surface area contributed by atoms with Crippen LogP contribution in [-0.4, -0.2) is 30.4 Å². The lowest BCUT2D eigenvalue weighted by atomic mass is 10.1. The molecule has 0 aliphatic carbocycles. The first-order valence-corrected chi connectivity index (χ1v) is 10.3. The molecule has 2 heterocycles. The molecule has 4 aromatic rings. The molecule has 0 aliphatic heterocycles. The van der Waals surface area contributed by atoms with Crippen molar-refractivity contribution in [2.45, 2.75) is 25.4 Å². The maximum atomic E-state index is 10.3. The van der Waals surface area contributed by atoms with Crippen molar-refractivity contribution in [1.82, 2.24) is 19.6 Å². The summed E-state index contributed by atoms with van der Waals surface area (Å²) in [6, 6.07) is 19.2. The van der Waals surface area contributed by atoms with E-state index in [-0.39, 0.29) is 5.75 Å². The van der Waals surface area contributed by atoms with E-state index >= 15 is 0 Å². The Kier molecular flexibility index (Phi) is 5.30. The zero-order valence-corrected chi connectivity index (χ0v) is 16.7. The third-order valence-corrected chi connectivity index (χ3v) is 5.34. The van der Waals surface area contributed by atoms with Crippen molar-refractivity contribution in [3.63, 3.8) is 0 Å². The minimum atomic E-state index is 0.199. The van der Waals surface area contributed by atoms with Gasteiger partial charge in [-0.3, -0.25) is 0 Å². The molecule has 0 saturated heterocycles. The monoisotopic (exact) mass is 390 g/mol. The number of nitrogens with zero attached hydrogens (tertiary/aromatic N) is 4. The molecule has 0 spiro atoms. The molecule has 0 radical (unpaired) electrons. The first-order valence-electron chi connectivity index (χ1n) is 9.36. The number of aromatic hydroxyl groups is 1. The molecule has 142 valence electrons. The van der Waals surface area contributed by atoms with Crippen LogP contribution in [0.3, 0.4) is 0 Å². The summed E-state index contributed by atoms with van der Waals surface area (Å²) in [5.41, 5.74) is 3.28. The second-order valence-corrected chi connectivity index (χ2v) is 8.11. The predicted molar refractivity (Wildman–Crippen MR) is 113 cm³/mol.